The Kier molecular flexibility index (Phi) is 2.98. The van der Waals surface area contributed by atoms with E-state index >= 15 is 0 Å². The zero-order valence-electron chi connectivity index (χ0n) is 11.1. The number of aryl methyl sites for hydroxylation is 1. The van der Waals surface area contributed by atoms with Crippen molar-refractivity contribution in [3.63, 3.8) is 0 Å². The van der Waals surface area contributed by atoms with Gasteiger partial charge in [0, 0.05) is 0 Å². The summed E-state index contributed by atoms with van der Waals surface area (Å²) in [5, 5.41) is 0. The zero-order valence-corrected chi connectivity index (χ0v) is 11.1. The third-order valence-corrected chi connectivity index (χ3v) is 3.78. The molecule has 0 spiro atoms. The van der Waals surface area contributed by atoms with Crippen LogP contribution in [-0.4, -0.2) is 12.9 Å². The molecular formula is C15H20O2. The van der Waals surface area contributed by atoms with Gasteiger partial charge in [0.05, 0.1) is 12.7 Å². The number of carbonyl (C=O) groups is 1. The Labute approximate surface area is 103 Å². The fraction of sp³-hybridized carbons (Fsp3) is 0.533. The molecule has 0 heterocycles. The van der Waals surface area contributed by atoms with Crippen molar-refractivity contribution < 1.29 is 9.53 Å². The monoisotopic (exact) mass is 232 g/mol. The minimum absolute atomic E-state index is 0.0750. The number of rotatable bonds is 2. The fourth-order valence-corrected chi connectivity index (χ4v) is 2.76. The van der Waals surface area contributed by atoms with Crippen LogP contribution in [-0.2, 0) is 11.8 Å². The van der Waals surface area contributed by atoms with Crippen LogP contribution in [0.25, 0.3) is 0 Å². The molecule has 1 aromatic carbocycles. The number of hydrogen-bond acceptors (Lipinski definition) is 2. The molecule has 0 saturated carbocycles. The first kappa shape index (κ1) is 12.2. The van der Waals surface area contributed by atoms with Gasteiger partial charge in [-0.3, -0.25) is 4.79 Å². The van der Waals surface area contributed by atoms with Gasteiger partial charge >= 0.3 is 0 Å². The molecule has 0 N–H and O–H groups in total. The number of fused-ring (bicyclic) bond motifs is 1. The average Bonchev–Trinajstić information content (AvgIpc) is 2.27. The van der Waals surface area contributed by atoms with Crippen LogP contribution in [0.5, 0.6) is 5.75 Å². The Hall–Kier alpha value is -1.31. The maximum Gasteiger partial charge on any atom is 0.163 e. The third kappa shape index (κ3) is 2.08. The molecule has 1 aromatic rings. The molecule has 2 heteroatoms. The lowest BCUT2D eigenvalue weighted by Gasteiger charge is -2.33. The molecule has 0 saturated heterocycles. The highest BCUT2D eigenvalue weighted by atomic mass is 16.5. The third-order valence-electron chi connectivity index (χ3n) is 3.78. The Morgan fingerprint density at radius 2 is 2.06 bits per heavy atom. The molecule has 0 amide bonds. The van der Waals surface area contributed by atoms with Gasteiger partial charge < -0.3 is 4.74 Å². The molecule has 0 atom stereocenters. The average molecular weight is 232 g/mol. The smallest absolute Gasteiger partial charge is 0.163 e. The molecule has 1 aliphatic carbocycles. The number of ketones is 1. The van der Waals surface area contributed by atoms with E-state index in [9.17, 15) is 4.79 Å². The summed E-state index contributed by atoms with van der Waals surface area (Å²) in [5.74, 6) is 0.792. The van der Waals surface area contributed by atoms with Gasteiger partial charge in [-0.25, -0.2) is 0 Å². The van der Waals surface area contributed by atoms with E-state index in [0.717, 1.165) is 6.42 Å². The zero-order chi connectivity index (χ0) is 12.6. The van der Waals surface area contributed by atoms with E-state index in [-0.39, 0.29) is 11.2 Å². The Balaban J connectivity index is 2.62. The van der Waals surface area contributed by atoms with E-state index < -0.39 is 0 Å². The predicted octanol–water partition coefficient (Wildman–Crippen LogP) is 3.51. The molecule has 0 bridgehead atoms. The number of hydrogen-bond donors (Lipinski definition) is 0. The van der Waals surface area contributed by atoms with Crippen molar-refractivity contribution >= 4 is 5.78 Å². The highest BCUT2D eigenvalue weighted by Crippen LogP contribution is 2.39. The second kappa shape index (κ2) is 4.17. The molecule has 0 fully saturated rings. The lowest BCUT2D eigenvalue weighted by Crippen LogP contribution is -2.24. The fourth-order valence-electron chi connectivity index (χ4n) is 2.76. The molecule has 0 unspecified atom stereocenters. The summed E-state index contributed by atoms with van der Waals surface area (Å²) in [6.07, 6.45) is 3.49. The van der Waals surface area contributed by atoms with Gasteiger partial charge in [-0.15, -0.1) is 0 Å². The van der Waals surface area contributed by atoms with Crippen molar-refractivity contribution in [2.45, 2.75) is 45.4 Å². The quantitative estimate of drug-likeness (QED) is 0.729. The SMILES string of the molecule is COc1cc2c(cc1C(C)=O)C(C)(C)CCC2. The predicted molar refractivity (Wildman–Crippen MR) is 69.0 cm³/mol. The molecule has 2 nitrogen and oxygen atoms in total. The minimum Gasteiger partial charge on any atom is -0.496 e. The summed E-state index contributed by atoms with van der Waals surface area (Å²) < 4.78 is 5.32. The molecule has 17 heavy (non-hydrogen) atoms. The molecule has 1 aliphatic rings. The first-order valence-corrected chi connectivity index (χ1v) is 6.18. The highest BCUT2D eigenvalue weighted by molar-refractivity contribution is 5.97. The molecule has 92 valence electrons. The molecular weight excluding hydrogens is 212 g/mol. The largest absolute Gasteiger partial charge is 0.496 e. The minimum atomic E-state index is 0.0750. The first-order chi connectivity index (χ1) is 7.95. The van der Waals surface area contributed by atoms with Crippen molar-refractivity contribution in [2.24, 2.45) is 0 Å². The van der Waals surface area contributed by atoms with Crippen LogP contribution in [0.4, 0.5) is 0 Å². The number of methoxy groups -OCH3 is 1. The van der Waals surface area contributed by atoms with Crippen LogP contribution in [0.15, 0.2) is 12.1 Å². The molecule has 0 radical (unpaired) electrons. The lowest BCUT2D eigenvalue weighted by atomic mass is 9.72. The van der Waals surface area contributed by atoms with Gasteiger partial charge in [0.15, 0.2) is 5.78 Å². The van der Waals surface area contributed by atoms with E-state index in [1.54, 1.807) is 14.0 Å². The number of carbonyl (C=O) groups excluding carboxylic acids is 1. The van der Waals surface area contributed by atoms with Gasteiger partial charge in [-0.05, 0) is 54.9 Å². The standard InChI is InChI=1S/C15H20O2/c1-10(16)12-9-13-11(8-14(12)17-4)6-5-7-15(13,2)3/h8-9H,5-7H2,1-4H3. The first-order valence-electron chi connectivity index (χ1n) is 6.18. The Bertz CT molecular complexity index is 458. The number of ether oxygens (including phenoxy) is 1. The van der Waals surface area contributed by atoms with Crippen molar-refractivity contribution in [2.75, 3.05) is 7.11 Å². The van der Waals surface area contributed by atoms with Crippen molar-refractivity contribution in [3.8, 4) is 5.75 Å². The second-order valence-corrected chi connectivity index (χ2v) is 5.50. The van der Waals surface area contributed by atoms with E-state index in [0.29, 0.717) is 11.3 Å². The highest BCUT2D eigenvalue weighted by Gasteiger charge is 2.29. The van der Waals surface area contributed by atoms with Crippen LogP contribution in [0.1, 0.15) is 55.1 Å². The molecule has 0 aromatic heterocycles. The van der Waals surface area contributed by atoms with Crippen molar-refractivity contribution in [1.82, 2.24) is 0 Å². The van der Waals surface area contributed by atoms with Crippen LogP contribution in [0.3, 0.4) is 0 Å². The maximum atomic E-state index is 11.6. The van der Waals surface area contributed by atoms with Crippen LogP contribution in [0.2, 0.25) is 0 Å². The van der Waals surface area contributed by atoms with Crippen molar-refractivity contribution in [3.05, 3.63) is 28.8 Å². The number of benzene rings is 1. The summed E-state index contributed by atoms with van der Waals surface area (Å²) in [4.78, 5) is 11.6. The van der Waals surface area contributed by atoms with E-state index in [1.165, 1.54) is 24.0 Å². The number of Topliss-reactive ketones (excluding diaryl/α,β-unsaturated/α-hetero) is 1. The van der Waals surface area contributed by atoms with Gasteiger partial charge in [0.25, 0.3) is 0 Å². The van der Waals surface area contributed by atoms with Gasteiger partial charge in [0.2, 0.25) is 0 Å². The molecule has 2 rings (SSSR count). The second-order valence-electron chi connectivity index (χ2n) is 5.50. The topological polar surface area (TPSA) is 26.3 Å². The summed E-state index contributed by atoms with van der Waals surface area (Å²) in [7, 11) is 1.63. The summed E-state index contributed by atoms with van der Waals surface area (Å²) in [6.45, 7) is 6.10. The summed E-state index contributed by atoms with van der Waals surface area (Å²) >= 11 is 0. The summed E-state index contributed by atoms with van der Waals surface area (Å²) in [6, 6.07) is 4.09. The van der Waals surface area contributed by atoms with Gasteiger partial charge in [0.1, 0.15) is 5.75 Å². The normalized spacial score (nSPS) is 17.4. The molecule has 0 aliphatic heterocycles. The van der Waals surface area contributed by atoms with Crippen LogP contribution < -0.4 is 4.74 Å². The lowest BCUT2D eigenvalue weighted by molar-refractivity contribution is 0.101. The van der Waals surface area contributed by atoms with Crippen molar-refractivity contribution in [1.29, 1.82) is 0 Å². The van der Waals surface area contributed by atoms with Crippen LogP contribution in [0, 0.1) is 0 Å². The summed E-state index contributed by atoms with van der Waals surface area (Å²) in [5.41, 5.74) is 3.53. The Morgan fingerprint density at radius 1 is 1.35 bits per heavy atom. The van der Waals surface area contributed by atoms with E-state index in [1.807, 2.05) is 12.1 Å². The van der Waals surface area contributed by atoms with Gasteiger partial charge in [-0.2, -0.15) is 0 Å². The Morgan fingerprint density at radius 3 is 2.65 bits per heavy atom. The maximum absolute atomic E-state index is 11.6. The van der Waals surface area contributed by atoms with E-state index in [2.05, 4.69) is 13.8 Å². The van der Waals surface area contributed by atoms with Crippen LogP contribution >= 0.6 is 0 Å². The van der Waals surface area contributed by atoms with Gasteiger partial charge in [-0.1, -0.05) is 13.8 Å². The van der Waals surface area contributed by atoms with E-state index in [4.69, 9.17) is 4.74 Å².